The molecule has 0 bridgehead atoms. The normalized spacial score (nSPS) is 10.1. The second kappa shape index (κ2) is 5.21. The predicted molar refractivity (Wildman–Crippen MR) is 54.7 cm³/mol. The third-order valence-electron chi connectivity index (χ3n) is 1.92. The Morgan fingerprint density at radius 1 is 1.33 bits per heavy atom. The first-order valence-electron chi connectivity index (χ1n) is 4.18. The van der Waals surface area contributed by atoms with Crippen LogP contribution in [0.1, 0.15) is 11.1 Å². The van der Waals surface area contributed by atoms with Gasteiger partial charge < -0.3 is 4.74 Å². The highest BCUT2D eigenvalue weighted by atomic mass is 79.9. The number of esters is 1. The van der Waals surface area contributed by atoms with E-state index in [1.54, 1.807) is 0 Å². The Morgan fingerprint density at radius 3 is 2.47 bits per heavy atom. The van der Waals surface area contributed by atoms with E-state index >= 15 is 0 Å². The maximum atomic E-state index is 13.2. The van der Waals surface area contributed by atoms with E-state index in [2.05, 4.69) is 20.7 Å². The monoisotopic (exact) mass is 278 g/mol. The summed E-state index contributed by atoms with van der Waals surface area (Å²) in [6.45, 7) is 0. The van der Waals surface area contributed by atoms with Crippen molar-refractivity contribution in [3.8, 4) is 0 Å². The first kappa shape index (κ1) is 12.1. The van der Waals surface area contributed by atoms with E-state index in [9.17, 15) is 13.6 Å². The third-order valence-corrected chi connectivity index (χ3v) is 2.53. The van der Waals surface area contributed by atoms with Gasteiger partial charge in [-0.15, -0.1) is 0 Å². The summed E-state index contributed by atoms with van der Waals surface area (Å²) >= 11 is 3.07. The van der Waals surface area contributed by atoms with Gasteiger partial charge >= 0.3 is 5.97 Å². The standard InChI is InChI=1S/C10H9BrF2O2/c1-15-10(14)3-6-2-7(5-11)9(13)4-8(6)12/h2,4H,3,5H2,1H3. The minimum absolute atomic E-state index is 0.137. The number of ether oxygens (including phenoxy) is 1. The third kappa shape index (κ3) is 2.99. The Bertz CT molecular complexity index is 380. The molecule has 0 radical (unpaired) electrons. The van der Waals surface area contributed by atoms with Gasteiger partial charge in [0.2, 0.25) is 0 Å². The fourth-order valence-electron chi connectivity index (χ4n) is 1.11. The molecule has 15 heavy (non-hydrogen) atoms. The fourth-order valence-corrected chi connectivity index (χ4v) is 1.54. The number of methoxy groups -OCH3 is 1. The quantitative estimate of drug-likeness (QED) is 0.628. The average Bonchev–Trinajstić information content (AvgIpc) is 2.21. The van der Waals surface area contributed by atoms with Crippen molar-refractivity contribution < 1.29 is 18.3 Å². The van der Waals surface area contributed by atoms with Gasteiger partial charge in [0.25, 0.3) is 0 Å². The van der Waals surface area contributed by atoms with Crippen molar-refractivity contribution in [2.24, 2.45) is 0 Å². The molecule has 0 aliphatic rings. The van der Waals surface area contributed by atoms with Crippen LogP contribution in [-0.4, -0.2) is 13.1 Å². The number of halogens is 3. The molecular formula is C10H9BrF2O2. The topological polar surface area (TPSA) is 26.3 Å². The van der Waals surface area contributed by atoms with Crippen LogP contribution in [0.3, 0.4) is 0 Å². The number of carbonyl (C=O) groups excluding carboxylic acids is 1. The Kier molecular flexibility index (Phi) is 4.20. The van der Waals surface area contributed by atoms with Crippen LogP contribution >= 0.6 is 15.9 Å². The van der Waals surface area contributed by atoms with Crippen LogP contribution in [0.5, 0.6) is 0 Å². The Morgan fingerprint density at radius 2 is 1.93 bits per heavy atom. The van der Waals surface area contributed by atoms with Crippen molar-refractivity contribution >= 4 is 21.9 Å². The molecule has 1 aromatic rings. The van der Waals surface area contributed by atoms with Crippen LogP contribution in [0.4, 0.5) is 8.78 Å². The smallest absolute Gasteiger partial charge is 0.310 e. The van der Waals surface area contributed by atoms with Crippen LogP contribution in [0.15, 0.2) is 12.1 Å². The highest BCUT2D eigenvalue weighted by Crippen LogP contribution is 2.18. The fraction of sp³-hybridized carbons (Fsp3) is 0.300. The molecule has 0 N–H and O–H groups in total. The number of benzene rings is 1. The summed E-state index contributed by atoms with van der Waals surface area (Å²) in [5, 5.41) is 0.271. The molecule has 0 aliphatic carbocycles. The molecule has 1 rings (SSSR count). The summed E-state index contributed by atoms with van der Waals surface area (Å²) in [7, 11) is 1.22. The van der Waals surface area contributed by atoms with E-state index in [1.807, 2.05) is 0 Å². The van der Waals surface area contributed by atoms with Gasteiger partial charge in [0, 0.05) is 11.4 Å². The molecule has 0 heterocycles. The molecule has 0 amide bonds. The van der Waals surface area contributed by atoms with Gasteiger partial charge in [-0.2, -0.15) is 0 Å². The van der Waals surface area contributed by atoms with Gasteiger partial charge in [-0.05, 0) is 17.2 Å². The molecule has 82 valence electrons. The highest BCUT2D eigenvalue weighted by molar-refractivity contribution is 9.08. The zero-order valence-electron chi connectivity index (χ0n) is 8.02. The second-order valence-electron chi connectivity index (χ2n) is 2.92. The predicted octanol–water partition coefficient (Wildman–Crippen LogP) is 2.58. The Labute approximate surface area is 94.4 Å². The average molecular weight is 279 g/mol. The lowest BCUT2D eigenvalue weighted by atomic mass is 10.1. The SMILES string of the molecule is COC(=O)Cc1cc(CBr)c(F)cc1F. The van der Waals surface area contributed by atoms with Gasteiger partial charge in [-0.1, -0.05) is 15.9 Å². The van der Waals surface area contributed by atoms with E-state index in [1.165, 1.54) is 13.2 Å². The summed E-state index contributed by atoms with van der Waals surface area (Å²) in [6, 6.07) is 2.09. The lowest BCUT2D eigenvalue weighted by molar-refractivity contribution is -0.139. The second-order valence-corrected chi connectivity index (χ2v) is 3.48. The lowest BCUT2D eigenvalue weighted by Gasteiger charge is -2.05. The van der Waals surface area contributed by atoms with Gasteiger partial charge in [0.1, 0.15) is 11.6 Å². The molecular weight excluding hydrogens is 270 g/mol. The van der Waals surface area contributed by atoms with Crippen molar-refractivity contribution in [2.45, 2.75) is 11.8 Å². The van der Waals surface area contributed by atoms with E-state index in [-0.39, 0.29) is 17.3 Å². The Balaban J connectivity index is 3.02. The molecule has 2 nitrogen and oxygen atoms in total. The van der Waals surface area contributed by atoms with Gasteiger partial charge in [-0.3, -0.25) is 4.79 Å². The molecule has 0 fully saturated rings. The molecule has 1 aromatic carbocycles. The van der Waals surface area contributed by atoms with E-state index < -0.39 is 17.6 Å². The Hall–Kier alpha value is -0.970. The number of carbonyl (C=O) groups is 1. The molecule has 0 aliphatic heterocycles. The number of alkyl halides is 1. The summed E-state index contributed by atoms with van der Waals surface area (Å²) in [5.41, 5.74) is 0.452. The summed E-state index contributed by atoms with van der Waals surface area (Å²) < 4.78 is 30.7. The minimum atomic E-state index is -0.734. The highest BCUT2D eigenvalue weighted by Gasteiger charge is 2.12. The molecule has 0 saturated carbocycles. The molecule has 0 atom stereocenters. The number of hydrogen-bond donors (Lipinski definition) is 0. The zero-order chi connectivity index (χ0) is 11.4. The molecule has 0 aromatic heterocycles. The molecule has 0 saturated heterocycles. The van der Waals surface area contributed by atoms with Gasteiger partial charge in [-0.25, -0.2) is 8.78 Å². The van der Waals surface area contributed by atoms with Crippen LogP contribution in [0.2, 0.25) is 0 Å². The van der Waals surface area contributed by atoms with E-state index in [4.69, 9.17) is 0 Å². The van der Waals surface area contributed by atoms with Crippen molar-refractivity contribution in [1.82, 2.24) is 0 Å². The van der Waals surface area contributed by atoms with Crippen LogP contribution in [-0.2, 0) is 21.3 Å². The van der Waals surface area contributed by atoms with Crippen LogP contribution in [0.25, 0.3) is 0 Å². The van der Waals surface area contributed by atoms with E-state index in [0.29, 0.717) is 5.56 Å². The van der Waals surface area contributed by atoms with Crippen LogP contribution < -0.4 is 0 Å². The van der Waals surface area contributed by atoms with Crippen molar-refractivity contribution in [2.75, 3.05) is 7.11 Å². The van der Waals surface area contributed by atoms with Crippen molar-refractivity contribution in [1.29, 1.82) is 0 Å². The van der Waals surface area contributed by atoms with Gasteiger partial charge in [0.15, 0.2) is 0 Å². The summed E-state index contributed by atoms with van der Waals surface area (Å²) in [6.07, 6.45) is -0.192. The van der Waals surface area contributed by atoms with E-state index in [0.717, 1.165) is 6.07 Å². The first-order chi connectivity index (χ1) is 7.08. The first-order valence-corrected chi connectivity index (χ1v) is 5.30. The number of rotatable bonds is 3. The summed E-state index contributed by atoms with van der Waals surface area (Å²) in [4.78, 5) is 10.9. The molecule has 0 spiro atoms. The lowest BCUT2D eigenvalue weighted by Crippen LogP contribution is -2.07. The van der Waals surface area contributed by atoms with Crippen LogP contribution in [0, 0.1) is 11.6 Å². The maximum absolute atomic E-state index is 13.2. The molecule has 5 heteroatoms. The zero-order valence-corrected chi connectivity index (χ0v) is 9.61. The van der Waals surface area contributed by atoms with Crippen molar-refractivity contribution in [3.05, 3.63) is 34.9 Å². The molecule has 0 unspecified atom stereocenters. The van der Waals surface area contributed by atoms with Gasteiger partial charge in [0.05, 0.1) is 13.5 Å². The minimum Gasteiger partial charge on any atom is -0.469 e. The largest absolute Gasteiger partial charge is 0.469 e. The maximum Gasteiger partial charge on any atom is 0.310 e. The number of hydrogen-bond acceptors (Lipinski definition) is 2. The summed E-state index contributed by atoms with van der Waals surface area (Å²) in [5.74, 6) is -1.92. The van der Waals surface area contributed by atoms with Crippen molar-refractivity contribution in [3.63, 3.8) is 0 Å².